The molecule has 0 radical (unpaired) electrons. The summed E-state index contributed by atoms with van der Waals surface area (Å²) in [6.45, 7) is 3.87. The van der Waals surface area contributed by atoms with Crippen LogP contribution in [0, 0.1) is 25.2 Å². The zero-order chi connectivity index (χ0) is 17.3. The summed E-state index contributed by atoms with van der Waals surface area (Å²) in [5.41, 5.74) is 2.79. The minimum Gasteiger partial charge on any atom is -0.337 e. The molecule has 0 spiro atoms. The molecule has 6 heteroatoms. The molecule has 3 rings (SSSR count). The van der Waals surface area contributed by atoms with E-state index in [0.29, 0.717) is 16.1 Å². The fraction of sp³-hybridized carbons (Fsp3) is 0.167. The summed E-state index contributed by atoms with van der Waals surface area (Å²) < 4.78 is 1.74. The number of fused-ring (bicyclic) bond motifs is 1. The first-order valence-corrected chi connectivity index (χ1v) is 8.19. The summed E-state index contributed by atoms with van der Waals surface area (Å²) in [4.78, 5) is 24.6. The van der Waals surface area contributed by atoms with Crippen LogP contribution in [0.4, 0.5) is 5.00 Å². The van der Waals surface area contributed by atoms with Crippen molar-refractivity contribution in [1.82, 2.24) is 4.57 Å². The van der Waals surface area contributed by atoms with Gasteiger partial charge in [-0.15, -0.1) is 11.3 Å². The highest BCUT2D eigenvalue weighted by Crippen LogP contribution is 2.31. The number of para-hydroxylation sites is 1. The van der Waals surface area contributed by atoms with Crippen molar-refractivity contribution in [3.05, 3.63) is 52.0 Å². The number of nitrogens with one attached hydrogen (secondary N) is 1. The number of aryl methyl sites for hydroxylation is 1. The number of benzene rings is 1. The molecule has 0 saturated carbocycles. The molecule has 0 aliphatic rings. The number of thiophene rings is 1. The van der Waals surface area contributed by atoms with Gasteiger partial charge in [0.1, 0.15) is 17.6 Å². The third-order valence-electron chi connectivity index (χ3n) is 4.01. The highest BCUT2D eigenvalue weighted by molar-refractivity contribution is 7.16. The zero-order valence-electron chi connectivity index (χ0n) is 13.3. The molecule has 1 N–H and O–H groups in total. The normalized spacial score (nSPS) is 10.5. The Morgan fingerprint density at radius 1 is 1.38 bits per heavy atom. The van der Waals surface area contributed by atoms with E-state index in [1.54, 1.807) is 10.8 Å². The molecule has 5 nitrogen and oxygen atoms in total. The van der Waals surface area contributed by atoms with E-state index in [-0.39, 0.29) is 12.5 Å². The number of carbonyl (C=O) groups is 2. The highest BCUT2D eigenvalue weighted by atomic mass is 32.1. The van der Waals surface area contributed by atoms with Crippen molar-refractivity contribution in [2.45, 2.75) is 20.4 Å². The lowest BCUT2D eigenvalue weighted by molar-refractivity contribution is -0.116. The van der Waals surface area contributed by atoms with Crippen LogP contribution in [0.15, 0.2) is 30.5 Å². The van der Waals surface area contributed by atoms with Crippen LogP contribution in [0.3, 0.4) is 0 Å². The van der Waals surface area contributed by atoms with Crippen LogP contribution in [0.2, 0.25) is 0 Å². The van der Waals surface area contributed by atoms with E-state index in [1.165, 1.54) is 11.3 Å². The molecule has 0 aliphatic heterocycles. The van der Waals surface area contributed by atoms with Gasteiger partial charge in [-0.25, -0.2) is 0 Å². The number of amides is 1. The molecule has 0 bridgehead atoms. The molecule has 0 saturated heterocycles. The van der Waals surface area contributed by atoms with Crippen molar-refractivity contribution < 1.29 is 9.59 Å². The summed E-state index contributed by atoms with van der Waals surface area (Å²) in [6.07, 6.45) is 2.46. The minimum absolute atomic E-state index is 0.0786. The average molecular weight is 337 g/mol. The molecule has 1 amide bonds. The SMILES string of the molecule is Cc1sc(NC(=O)Cn2cc(C=O)c3ccccc32)c(C#N)c1C. The lowest BCUT2D eigenvalue weighted by Gasteiger charge is -2.06. The Kier molecular flexibility index (Phi) is 4.19. The van der Waals surface area contributed by atoms with Crippen LogP contribution in [0.1, 0.15) is 26.4 Å². The maximum absolute atomic E-state index is 12.4. The summed E-state index contributed by atoms with van der Waals surface area (Å²) in [6, 6.07) is 9.59. The average Bonchev–Trinajstić information content (AvgIpc) is 3.05. The van der Waals surface area contributed by atoms with E-state index < -0.39 is 0 Å². The molecule has 0 unspecified atom stereocenters. The Labute approximate surface area is 143 Å². The van der Waals surface area contributed by atoms with Gasteiger partial charge in [-0.05, 0) is 25.5 Å². The monoisotopic (exact) mass is 337 g/mol. The second-order valence-corrected chi connectivity index (χ2v) is 6.72. The molecule has 3 aromatic rings. The fourth-order valence-corrected chi connectivity index (χ4v) is 3.70. The van der Waals surface area contributed by atoms with Gasteiger partial charge in [0.25, 0.3) is 0 Å². The summed E-state index contributed by atoms with van der Waals surface area (Å²) in [5, 5.41) is 13.5. The van der Waals surface area contributed by atoms with E-state index in [4.69, 9.17) is 0 Å². The first-order chi connectivity index (χ1) is 11.5. The van der Waals surface area contributed by atoms with Gasteiger partial charge >= 0.3 is 0 Å². The standard InChI is InChI=1S/C18H15N3O2S/c1-11-12(2)24-18(15(11)7-19)20-17(23)9-21-8-13(10-22)14-5-3-4-6-16(14)21/h3-6,8,10H,9H2,1-2H3,(H,20,23). The number of aldehydes is 1. The van der Waals surface area contributed by atoms with Crippen LogP contribution in [-0.4, -0.2) is 16.8 Å². The molecule has 0 aliphatic carbocycles. The molecule has 2 heterocycles. The van der Waals surface area contributed by atoms with Crippen LogP contribution < -0.4 is 5.32 Å². The van der Waals surface area contributed by atoms with Crippen LogP contribution in [0.5, 0.6) is 0 Å². The Morgan fingerprint density at radius 2 is 2.12 bits per heavy atom. The third kappa shape index (κ3) is 2.70. The second-order valence-electron chi connectivity index (χ2n) is 5.49. The number of carbonyl (C=O) groups excluding carboxylic acids is 2. The zero-order valence-corrected chi connectivity index (χ0v) is 14.1. The van der Waals surface area contributed by atoms with Crippen molar-refractivity contribution in [1.29, 1.82) is 5.26 Å². The lowest BCUT2D eigenvalue weighted by Crippen LogP contribution is -2.18. The topological polar surface area (TPSA) is 74.9 Å². The van der Waals surface area contributed by atoms with Crippen molar-refractivity contribution in [3.8, 4) is 6.07 Å². The Bertz CT molecular complexity index is 992. The molecule has 1 aromatic carbocycles. The Morgan fingerprint density at radius 3 is 2.83 bits per heavy atom. The van der Waals surface area contributed by atoms with E-state index in [2.05, 4.69) is 11.4 Å². The van der Waals surface area contributed by atoms with Gasteiger partial charge in [-0.3, -0.25) is 9.59 Å². The summed E-state index contributed by atoms with van der Waals surface area (Å²) in [5.74, 6) is -0.231. The quantitative estimate of drug-likeness (QED) is 0.739. The third-order valence-corrected chi connectivity index (χ3v) is 5.13. The predicted octanol–water partition coefficient (Wildman–Crippen LogP) is 3.64. The van der Waals surface area contributed by atoms with E-state index in [9.17, 15) is 14.9 Å². The lowest BCUT2D eigenvalue weighted by atomic mass is 10.2. The number of rotatable bonds is 4. The number of hydrogen-bond acceptors (Lipinski definition) is 4. The van der Waals surface area contributed by atoms with Gasteiger partial charge in [0.05, 0.1) is 5.56 Å². The maximum atomic E-state index is 12.4. The van der Waals surface area contributed by atoms with Gasteiger partial charge in [0.2, 0.25) is 5.91 Å². The van der Waals surface area contributed by atoms with Crippen molar-refractivity contribution in [3.63, 3.8) is 0 Å². The highest BCUT2D eigenvalue weighted by Gasteiger charge is 2.16. The number of nitriles is 1. The molecule has 120 valence electrons. The van der Waals surface area contributed by atoms with E-state index in [0.717, 1.165) is 27.6 Å². The van der Waals surface area contributed by atoms with Gasteiger partial charge in [0, 0.05) is 27.5 Å². The van der Waals surface area contributed by atoms with Gasteiger partial charge in [0.15, 0.2) is 6.29 Å². The van der Waals surface area contributed by atoms with Crippen molar-refractivity contribution in [2.24, 2.45) is 0 Å². The number of anilines is 1. The number of nitrogens with zero attached hydrogens (tertiary/aromatic N) is 2. The van der Waals surface area contributed by atoms with Gasteiger partial charge in [-0.2, -0.15) is 5.26 Å². The molecular weight excluding hydrogens is 322 g/mol. The second kappa shape index (κ2) is 6.30. The van der Waals surface area contributed by atoms with Crippen LogP contribution in [-0.2, 0) is 11.3 Å². The van der Waals surface area contributed by atoms with Gasteiger partial charge in [-0.1, -0.05) is 18.2 Å². The number of hydrogen-bond donors (Lipinski definition) is 1. The van der Waals surface area contributed by atoms with Crippen LogP contribution >= 0.6 is 11.3 Å². The maximum Gasteiger partial charge on any atom is 0.244 e. The van der Waals surface area contributed by atoms with Crippen molar-refractivity contribution in [2.75, 3.05) is 5.32 Å². The number of aromatic nitrogens is 1. The Balaban J connectivity index is 1.88. The molecule has 2 aromatic heterocycles. The van der Waals surface area contributed by atoms with E-state index >= 15 is 0 Å². The fourth-order valence-electron chi connectivity index (χ4n) is 2.67. The first-order valence-electron chi connectivity index (χ1n) is 7.38. The smallest absolute Gasteiger partial charge is 0.244 e. The minimum atomic E-state index is -0.231. The summed E-state index contributed by atoms with van der Waals surface area (Å²) in [7, 11) is 0. The largest absolute Gasteiger partial charge is 0.337 e. The Hall–Kier alpha value is -2.91. The molecule has 0 atom stereocenters. The van der Waals surface area contributed by atoms with E-state index in [1.807, 2.05) is 38.1 Å². The van der Waals surface area contributed by atoms with Crippen molar-refractivity contribution >= 4 is 39.4 Å². The molecular formula is C18H15N3O2S. The molecule has 24 heavy (non-hydrogen) atoms. The predicted molar refractivity (Wildman–Crippen MR) is 94.5 cm³/mol. The van der Waals surface area contributed by atoms with Crippen LogP contribution in [0.25, 0.3) is 10.9 Å². The van der Waals surface area contributed by atoms with Gasteiger partial charge < -0.3 is 9.88 Å². The molecule has 0 fully saturated rings. The first kappa shape index (κ1) is 16.0. The summed E-state index contributed by atoms with van der Waals surface area (Å²) >= 11 is 1.40.